The molecule has 7 heteroatoms. The summed E-state index contributed by atoms with van der Waals surface area (Å²) in [5, 5.41) is 0. The Bertz CT molecular complexity index is 171. The molecule has 0 saturated heterocycles. The largest absolute Gasteiger partial charge is 0.0496 e. The minimum Gasteiger partial charge on any atom is -0.0496 e. The van der Waals surface area contributed by atoms with Gasteiger partial charge in [-0.05, 0) is 61.2 Å². The van der Waals surface area contributed by atoms with Gasteiger partial charge in [-0.25, -0.2) is 0 Å². The molecule has 0 nitrogen and oxygen atoms in total. The van der Waals surface area contributed by atoms with Gasteiger partial charge in [0.1, 0.15) is 0 Å². The monoisotopic (exact) mass is 756 g/mol. The van der Waals surface area contributed by atoms with Crippen LogP contribution in [-0.4, -0.2) is 0 Å². The molecule has 0 aromatic carbocycles. The Morgan fingerprint density at radius 2 is 0.529 bits per heavy atom. The molecule has 17 heavy (non-hydrogen) atoms. The average Bonchev–Trinajstić information content (AvgIpc) is 1.82. The molecule has 4 fully saturated rings. The van der Waals surface area contributed by atoms with Gasteiger partial charge in [0.05, 0.1) is 0 Å². The van der Waals surface area contributed by atoms with Crippen LogP contribution in [-0.2, 0) is 229 Å². The zero-order valence-electron chi connectivity index (χ0n) is 10.3. The summed E-state index contributed by atoms with van der Waals surface area (Å²) in [5.41, 5.74) is 0. The zero-order valence-corrected chi connectivity index (χ0v) is 30.2. The average molecular weight is 757 g/mol. The Labute approximate surface area is 282 Å². The minimum absolute atomic E-state index is 0. The number of hydrogen-bond donors (Lipinski definition) is 0. The second-order valence-electron chi connectivity index (χ2n) is 4.96. The summed E-state index contributed by atoms with van der Waals surface area (Å²) < 4.78 is 0. The molecule has 7 radical (unpaired) electrons. The van der Waals surface area contributed by atoms with Gasteiger partial charge in [0, 0.05) is 229 Å². The van der Waals surface area contributed by atoms with Crippen molar-refractivity contribution >= 4 is 0 Å². The van der Waals surface area contributed by atoms with Crippen LogP contribution in [0.4, 0.5) is 0 Å². The summed E-state index contributed by atoms with van der Waals surface area (Å²) in [6, 6.07) is 0. The van der Waals surface area contributed by atoms with E-state index in [2.05, 4.69) is 0 Å². The molecule has 4 aliphatic carbocycles. The van der Waals surface area contributed by atoms with Crippen molar-refractivity contribution in [1.82, 2.24) is 0 Å². The van der Waals surface area contributed by atoms with Gasteiger partial charge < -0.3 is 0 Å². The molecule has 0 bridgehead atoms. The van der Waals surface area contributed by atoms with Crippen LogP contribution in [0, 0.1) is 35.5 Å². The predicted octanol–water partition coefficient (Wildman–Crippen LogP) is 2.28. The molecule has 0 amide bonds. The first-order chi connectivity index (χ1) is 4.97. The molecule has 4 atom stereocenters. The topological polar surface area (TPSA) is 0 Å². The summed E-state index contributed by atoms with van der Waals surface area (Å²) >= 11 is 0. The van der Waals surface area contributed by atoms with Gasteiger partial charge in [0.2, 0.25) is 0 Å². The Balaban J connectivity index is -0.000000121. The van der Waals surface area contributed by atoms with Gasteiger partial charge in [-0.2, -0.15) is 0 Å². The van der Waals surface area contributed by atoms with Crippen molar-refractivity contribution in [2.75, 3.05) is 0 Å². The third kappa shape index (κ3) is 5.36. The minimum atomic E-state index is 0. The van der Waals surface area contributed by atoms with Crippen molar-refractivity contribution in [2.24, 2.45) is 35.5 Å². The van der Waals surface area contributed by atoms with E-state index in [1.165, 1.54) is 35.5 Å². The first kappa shape index (κ1) is 32.4. The Kier molecular flexibility index (Phi) is 26.4. The van der Waals surface area contributed by atoms with Crippen LogP contribution in [0.5, 0.6) is 0 Å². The van der Waals surface area contributed by atoms with E-state index in [4.69, 9.17) is 0 Å². The second-order valence-corrected chi connectivity index (χ2v) is 4.96. The van der Waals surface area contributed by atoms with Gasteiger partial charge in [0.25, 0.3) is 0 Å². The summed E-state index contributed by atoms with van der Waals surface area (Å²) in [7, 11) is 0. The van der Waals surface area contributed by atoms with Crippen LogP contribution in [0.25, 0.3) is 0 Å². The summed E-state index contributed by atoms with van der Waals surface area (Å²) in [6.45, 7) is 0. The van der Waals surface area contributed by atoms with E-state index in [-0.39, 0.29) is 229 Å². The molecule has 0 spiro atoms. The molecular formula is C10H14Y7. The molecule has 4 unspecified atom stereocenters. The van der Waals surface area contributed by atoms with Gasteiger partial charge in [-0.1, -0.05) is 0 Å². The Morgan fingerprint density at radius 1 is 0.353 bits per heavy atom. The maximum absolute atomic E-state index is 1.61. The molecule has 0 aromatic heterocycles. The summed E-state index contributed by atoms with van der Waals surface area (Å²) in [5.74, 6) is 7.58. The van der Waals surface area contributed by atoms with Gasteiger partial charge in [-0.3, -0.25) is 0 Å². The number of hydrogen-bond acceptors (Lipinski definition) is 0. The van der Waals surface area contributed by atoms with Crippen molar-refractivity contribution in [2.45, 2.75) is 25.7 Å². The molecule has 0 heterocycles. The van der Waals surface area contributed by atoms with Crippen LogP contribution in [0.3, 0.4) is 0 Å². The van der Waals surface area contributed by atoms with Crippen LogP contribution in [0.1, 0.15) is 25.7 Å². The molecule has 0 aromatic rings. The fourth-order valence-electron chi connectivity index (χ4n) is 4.50. The van der Waals surface area contributed by atoms with Crippen LogP contribution >= 0.6 is 0 Å². The number of rotatable bonds is 0. The van der Waals surface area contributed by atoms with Crippen LogP contribution in [0.2, 0.25) is 0 Å². The van der Waals surface area contributed by atoms with Crippen LogP contribution in [0.15, 0.2) is 0 Å². The van der Waals surface area contributed by atoms with Crippen molar-refractivity contribution in [3.05, 3.63) is 0 Å². The quantitative estimate of drug-likeness (QED) is 0.357. The zero-order chi connectivity index (χ0) is 6.29. The fraction of sp³-hybridized carbons (Fsp3) is 1.00. The van der Waals surface area contributed by atoms with Crippen molar-refractivity contribution in [3.8, 4) is 0 Å². The standard InChI is InChI=1S/C10H14.7Y/c1-2-6-5(1)9-7-3-4-8(7)10(6)9;;;;;;;/h5-10H,1-4H2;;;;;;;. The third-order valence-corrected chi connectivity index (χ3v) is 5.19. The van der Waals surface area contributed by atoms with E-state index >= 15 is 0 Å². The van der Waals surface area contributed by atoms with E-state index in [0.29, 0.717) is 0 Å². The number of fused-ring (bicyclic) bond motifs is 7. The van der Waals surface area contributed by atoms with Gasteiger partial charge in [0.15, 0.2) is 0 Å². The first-order valence-electron chi connectivity index (χ1n) is 4.97. The van der Waals surface area contributed by atoms with Crippen molar-refractivity contribution in [3.63, 3.8) is 0 Å². The second kappa shape index (κ2) is 13.9. The molecule has 0 aliphatic heterocycles. The van der Waals surface area contributed by atoms with Crippen LogP contribution < -0.4 is 0 Å². The molecule has 75 valence electrons. The smallest absolute Gasteiger partial charge is 0 e. The van der Waals surface area contributed by atoms with Gasteiger partial charge in [-0.15, -0.1) is 0 Å². The Morgan fingerprint density at radius 3 is 0.647 bits per heavy atom. The molecule has 4 aliphatic rings. The SMILES string of the molecule is C1CC2C1C1C3CCC3C21.[Y].[Y].[Y].[Y].[Y].[Y].[Y]. The van der Waals surface area contributed by atoms with E-state index in [1.807, 2.05) is 0 Å². The third-order valence-electron chi connectivity index (χ3n) is 5.19. The Hall–Kier alpha value is 7.73. The van der Waals surface area contributed by atoms with Crippen molar-refractivity contribution < 1.29 is 229 Å². The molecule has 4 rings (SSSR count). The maximum Gasteiger partial charge on any atom is 0 e. The van der Waals surface area contributed by atoms with E-state index < -0.39 is 0 Å². The van der Waals surface area contributed by atoms with Crippen molar-refractivity contribution in [1.29, 1.82) is 0 Å². The predicted molar refractivity (Wildman–Crippen MR) is 39.4 cm³/mol. The van der Waals surface area contributed by atoms with E-state index in [0.717, 1.165) is 0 Å². The molecular weight excluding hydrogens is 742 g/mol. The van der Waals surface area contributed by atoms with E-state index in [1.54, 1.807) is 25.7 Å². The molecule has 0 N–H and O–H groups in total. The van der Waals surface area contributed by atoms with Gasteiger partial charge >= 0.3 is 0 Å². The fourth-order valence-corrected chi connectivity index (χ4v) is 4.50. The first-order valence-corrected chi connectivity index (χ1v) is 4.97. The summed E-state index contributed by atoms with van der Waals surface area (Å²) in [6.07, 6.45) is 6.42. The normalized spacial score (nSPS) is 43.8. The van der Waals surface area contributed by atoms with E-state index in [9.17, 15) is 0 Å². The maximum atomic E-state index is 1.61. The molecule has 4 saturated carbocycles. The summed E-state index contributed by atoms with van der Waals surface area (Å²) in [4.78, 5) is 0.